The van der Waals surface area contributed by atoms with Gasteiger partial charge in [-0.3, -0.25) is 0 Å². The molecule has 1 aliphatic rings. The monoisotopic (exact) mass is 435 g/mol. The zero-order valence-corrected chi connectivity index (χ0v) is 17.8. The Kier molecular flexibility index (Phi) is 9.80. The molecule has 2 N–H and O–H groups in total. The second-order valence-corrected chi connectivity index (χ2v) is 7.89. The minimum absolute atomic E-state index is 0. The van der Waals surface area contributed by atoms with Crippen LogP contribution in [0.1, 0.15) is 6.42 Å². The van der Waals surface area contributed by atoms with Crippen molar-refractivity contribution in [2.75, 3.05) is 46.4 Å². The van der Waals surface area contributed by atoms with E-state index in [1.165, 1.54) is 0 Å². The van der Waals surface area contributed by atoms with E-state index in [0.717, 1.165) is 44.5 Å². The van der Waals surface area contributed by atoms with Crippen molar-refractivity contribution in [2.45, 2.75) is 11.3 Å². The number of hydrogen-bond donors (Lipinski definition) is 2. The topological polar surface area (TPSA) is 70.7 Å². The Bertz CT molecular complexity index is 828. The maximum atomic E-state index is 12.7. The molecule has 0 spiro atoms. The molecule has 1 saturated heterocycles. The van der Waals surface area contributed by atoms with Gasteiger partial charge in [-0.1, -0.05) is 24.3 Å². The number of ether oxygens (including phenoxy) is 1. The van der Waals surface area contributed by atoms with Gasteiger partial charge in [0.1, 0.15) is 5.75 Å². The highest BCUT2D eigenvalue weighted by atomic mass is 35.5. The highest BCUT2D eigenvalue weighted by Gasteiger charge is 2.18. The third-order valence-corrected chi connectivity index (χ3v) is 6.03. The van der Waals surface area contributed by atoms with E-state index in [1.807, 2.05) is 24.3 Å². The Balaban J connectivity index is 0.00000182. The van der Waals surface area contributed by atoms with Crippen molar-refractivity contribution in [1.82, 2.24) is 14.9 Å². The molecule has 6 nitrogen and oxygen atoms in total. The lowest BCUT2D eigenvalue weighted by Gasteiger charge is -2.27. The van der Waals surface area contributed by atoms with Gasteiger partial charge in [-0.15, -0.1) is 24.8 Å². The Labute approximate surface area is 173 Å². The molecular formula is C18H27Cl2N3O3S. The molecule has 2 aromatic carbocycles. The van der Waals surface area contributed by atoms with E-state index in [4.69, 9.17) is 4.74 Å². The SMILES string of the molecule is COc1ccc(S(=O)(=O)NCCCN2CCNCC2)c2ccccc12.Cl.Cl. The Morgan fingerprint density at radius 2 is 1.74 bits per heavy atom. The van der Waals surface area contributed by atoms with Crippen LogP contribution in [0.15, 0.2) is 41.3 Å². The molecule has 27 heavy (non-hydrogen) atoms. The lowest BCUT2D eigenvalue weighted by molar-refractivity contribution is 0.239. The molecule has 3 rings (SSSR count). The Hall–Kier alpha value is -1.09. The second kappa shape index (κ2) is 11.0. The van der Waals surface area contributed by atoms with Gasteiger partial charge < -0.3 is 15.0 Å². The van der Waals surface area contributed by atoms with Crippen molar-refractivity contribution in [1.29, 1.82) is 0 Å². The van der Waals surface area contributed by atoms with Gasteiger partial charge in [0.05, 0.1) is 12.0 Å². The van der Waals surface area contributed by atoms with Crippen LogP contribution in [0.25, 0.3) is 10.8 Å². The van der Waals surface area contributed by atoms with Crippen molar-refractivity contribution >= 4 is 45.6 Å². The molecule has 0 amide bonds. The average molecular weight is 436 g/mol. The average Bonchev–Trinajstić information content (AvgIpc) is 2.65. The number of sulfonamides is 1. The standard InChI is InChI=1S/C18H25N3O3S.2ClH/c1-24-17-7-8-18(16-6-3-2-5-15(16)17)25(22,23)20-9-4-12-21-13-10-19-11-14-21;;/h2-3,5-8,19-20H,4,9-14H2,1H3;2*1H. The molecule has 152 valence electrons. The first-order valence-corrected chi connectivity index (χ1v) is 10.1. The Morgan fingerprint density at radius 1 is 1.07 bits per heavy atom. The van der Waals surface area contributed by atoms with Crippen LogP contribution in [0.4, 0.5) is 0 Å². The molecular weight excluding hydrogens is 409 g/mol. The van der Waals surface area contributed by atoms with E-state index in [1.54, 1.807) is 19.2 Å². The number of nitrogens with one attached hydrogen (secondary N) is 2. The number of benzene rings is 2. The minimum atomic E-state index is -3.55. The van der Waals surface area contributed by atoms with Gasteiger partial charge in [0.15, 0.2) is 0 Å². The van der Waals surface area contributed by atoms with Crippen LogP contribution >= 0.6 is 24.8 Å². The van der Waals surface area contributed by atoms with Crippen LogP contribution in [0.5, 0.6) is 5.75 Å². The van der Waals surface area contributed by atoms with E-state index in [9.17, 15) is 8.42 Å². The molecule has 1 fully saturated rings. The van der Waals surface area contributed by atoms with Gasteiger partial charge in [0, 0.05) is 43.5 Å². The van der Waals surface area contributed by atoms with E-state index in [0.29, 0.717) is 22.6 Å². The summed E-state index contributed by atoms with van der Waals surface area (Å²) >= 11 is 0. The molecule has 0 aromatic heterocycles. The first kappa shape index (κ1) is 23.9. The lowest BCUT2D eigenvalue weighted by atomic mass is 10.1. The van der Waals surface area contributed by atoms with Gasteiger partial charge >= 0.3 is 0 Å². The number of fused-ring (bicyclic) bond motifs is 1. The molecule has 0 aliphatic carbocycles. The van der Waals surface area contributed by atoms with Crippen molar-refractivity contribution in [3.05, 3.63) is 36.4 Å². The molecule has 0 unspecified atom stereocenters. The summed E-state index contributed by atoms with van der Waals surface area (Å²) in [5.41, 5.74) is 0. The summed E-state index contributed by atoms with van der Waals surface area (Å²) in [6, 6.07) is 10.7. The Morgan fingerprint density at radius 3 is 2.41 bits per heavy atom. The van der Waals surface area contributed by atoms with Crippen LogP contribution in [0.2, 0.25) is 0 Å². The fourth-order valence-electron chi connectivity index (χ4n) is 3.18. The zero-order valence-electron chi connectivity index (χ0n) is 15.3. The quantitative estimate of drug-likeness (QED) is 0.652. The van der Waals surface area contributed by atoms with Crippen LogP contribution in [-0.4, -0.2) is 59.7 Å². The smallest absolute Gasteiger partial charge is 0.241 e. The predicted octanol–water partition coefficient (Wildman–Crippen LogP) is 2.27. The van der Waals surface area contributed by atoms with E-state index < -0.39 is 10.0 Å². The number of hydrogen-bond acceptors (Lipinski definition) is 5. The second-order valence-electron chi connectivity index (χ2n) is 6.15. The summed E-state index contributed by atoms with van der Waals surface area (Å²) < 4.78 is 33.5. The summed E-state index contributed by atoms with van der Waals surface area (Å²) in [7, 11) is -1.96. The fraction of sp³-hybridized carbons (Fsp3) is 0.444. The number of nitrogens with zero attached hydrogens (tertiary/aromatic N) is 1. The highest BCUT2D eigenvalue weighted by molar-refractivity contribution is 7.89. The van der Waals surface area contributed by atoms with Crippen molar-refractivity contribution in [3.8, 4) is 5.75 Å². The van der Waals surface area contributed by atoms with Crippen LogP contribution < -0.4 is 14.8 Å². The normalized spacial score (nSPS) is 15.0. The summed E-state index contributed by atoms with van der Waals surface area (Å²) in [6.07, 6.45) is 0.799. The summed E-state index contributed by atoms with van der Waals surface area (Å²) in [4.78, 5) is 2.65. The van der Waals surface area contributed by atoms with Crippen molar-refractivity contribution < 1.29 is 13.2 Å². The molecule has 9 heteroatoms. The van der Waals surface area contributed by atoms with Gasteiger partial charge in [-0.25, -0.2) is 13.1 Å². The fourth-order valence-corrected chi connectivity index (χ4v) is 4.46. The van der Waals surface area contributed by atoms with Crippen LogP contribution in [0.3, 0.4) is 0 Å². The van der Waals surface area contributed by atoms with Crippen LogP contribution in [-0.2, 0) is 10.0 Å². The summed E-state index contributed by atoms with van der Waals surface area (Å²) in [5, 5.41) is 4.79. The molecule has 0 bridgehead atoms. The molecule has 0 saturated carbocycles. The summed E-state index contributed by atoms with van der Waals surface area (Å²) in [6.45, 7) is 5.40. The van der Waals surface area contributed by atoms with E-state index in [2.05, 4.69) is 14.9 Å². The number of methoxy groups -OCH3 is 1. The number of halogens is 2. The third-order valence-electron chi connectivity index (χ3n) is 4.51. The lowest BCUT2D eigenvalue weighted by Crippen LogP contribution is -2.44. The molecule has 0 atom stereocenters. The molecule has 1 heterocycles. The van der Waals surface area contributed by atoms with Gasteiger partial charge in [0.25, 0.3) is 0 Å². The van der Waals surface area contributed by atoms with Gasteiger partial charge in [0.2, 0.25) is 10.0 Å². The summed E-state index contributed by atoms with van der Waals surface area (Å²) in [5.74, 6) is 0.674. The van der Waals surface area contributed by atoms with Gasteiger partial charge in [-0.2, -0.15) is 0 Å². The predicted molar refractivity (Wildman–Crippen MR) is 114 cm³/mol. The molecule has 2 aromatic rings. The first-order chi connectivity index (χ1) is 12.1. The largest absolute Gasteiger partial charge is 0.496 e. The number of rotatable bonds is 7. The first-order valence-electron chi connectivity index (χ1n) is 8.60. The number of piperazine rings is 1. The third kappa shape index (κ3) is 5.94. The zero-order chi connectivity index (χ0) is 17.7. The molecule has 1 aliphatic heterocycles. The maximum absolute atomic E-state index is 12.7. The molecule has 0 radical (unpaired) electrons. The van der Waals surface area contributed by atoms with Crippen LogP contribution in [0, 0.1) is 0 Å². The van der Waals surface area contributed by atoms with Gasteiger partial charge in [-0.05, 0) is 25.1 Å². The maximum Gasteiger partial charge on any atom is 0.241 e. The highest BCUT2D eigenvalue weighted by Crippen LogP contribution is 2.30. The van der Waals surface area contributed by atoms with E-state index in [-0.39, 0.29) is 24.8 Å². The van der Waals surface area contributed by atoms with E-state index >= 15 is 0 Å². The van der Waals surface area contributed by atoms with Crippen molar-refractivity contribution in [3.63, 3.8) is 0 Å². The minimum Gasteiger partial charge on any atom is -0.496 e. The van der Waals surface area contributed by atoms with Crippen molar-refractivity contribution in [2.24, 2.45) is 0 Å².